The molecule has 7 nitrogen and oxygen atoms in total. The predicted molar refractivity (Wildman–Crippen MR) is 99.0 cm³/mol. The van der Waals surface area contributed by atoms with Gasteiger partial charge < -0.3 is 15.8 Å². The van der Waals surface area contributed by atoms with Crippen LogP contribution < -0.4 is 11.1 Å². The molecule has 0 aliphatic heterocycles. The molecular weight excluding hydrogens is 330 g/mol. The third-order valence-electron chi connectivity index (χ3n) is 3.67. The molecule has 7 heteroatoms. The van der Waals surface area contributed by atoms with E-state index in [4.69, 9.17) is 10.5 Å². The minimum Gasteiger partial charge on any atom is -0.454 e. The molecule has 2 aromatic carbocycles. The van der Waals surface area contributed by atoms with Crippen LogP contribution in [0.5, 0.6) is 0 Å². The largest absolute Gasteiger partial charge is 0.454 e. The van der Waals surface area contributed by atoms with Gasteiger partial charge in [-0.05, 0) is 37.6 Å². The van der Waals surface area contributed by atoms with Crippen molar-refractivity contribution in [3.8, 4) is 0 Å². The Labute approximate surface area is 151 Å². The van der Waals surface area contributed by atoms with Gasteiger partial charge in [-0.15, -0.1) is 0 Å². The third kappa shape index (κ3) is 4.32. The summed E-state index contributed by atoms with van der Waals surface area (Å²) in [6.45, 7) is 3.69. The summed E-state index contributed by atoms with van der Waals surface area (Å²) >= 11 is 0. The van der Waals surface area contributed by atoms with E-state index in [1.165, 1.54) is 0 Å². The average Bonchev–Trinajstić information content (AvgIpc) is 2.62. The first-order valence-corrected chi connectivity index (χ1v) is 8.08. The van der Waals surface area contributed by atoms with Crippen molar-refractivity contribution < 1.29 is 9.53 Å². The Balaban J connectivity index is 1.71. The number of hydrogen-bond acceptors (Lipinski definition) is 7. The van der Waals surface area contributed by atoms with Crippen LogP contribution in [0.25, 0.3) is 0 Å². The number of anilines is 3. The Hall–Kier alpha value is -3.48. The average molecular weight is 349 g/mol. The van der Waals surface area contributed by atoms with Gasteiger partial charge in [0, 0.05) is 5.69 Å². The minimum absolute atomic E-state index is 0.0521. The lowest BCUT2D eigenvalue weighted by Crippen LogP contribution is -2.12. The summed E-state index contributed by atoms with van der Waals surface area (Å²) in [5, 5.41) is 3.04. The van der Waals surface area contributed by atoms with Gasteiger partial charge in [0.1, 0.15) is 0 Å². The zero-order chi connectivity index (χ0) is 18.5. The summed E-state index contributed by atoms with van der Waals surface area (Å²) in [7, 11) is 0. The zero-order valence-electron chi connectivity index (χ0n) is 14.6. The number of ether oxygens (including phenoxy) is 1. The van der Waals surface area contributed by atoms with Crippen LogP contribution in [0.2, 0.25) is 0 Å². The highest BCUT2D eigenvalue weighted by Gasteiger charge is 2.13. The normalized spacial score (nSPS) is 10.4. The molecular formula is C19H19N5O2. The lowest BCUT2D eigenvalue weighted by atomic mass is 10.1. The molecule has 1 heterocycles. The smallest absolute Gasteiger partial charge is 0.338 e. The van der Waals surface area contributed by atoms with E-state index in [2.05, 4.69) is 20.3 Å². The van der Waals surface area contributed by atoms with E-state index in [-0.39, 0.29) is 18.4 Å². The fraction of sp³-hybridized carbons (Fsp3) is 0.158. The molecule has 1 aromatic heterocycles. The van der Waals surface area contributed by atoms with Gasteiger partial charge >= 0.3 is 5.97 Å². The highest BCUT2D eigenvalue weighted by Crippen LogP contribution is 2.15. The second kappa shape index (κ2) is 7.60. The van der Waals surface area contributed by atoms with Crippen LogP contribution >= 0.6 is 0 Å². The number of nitrogen functional groups attached to an aromatic ring is 1. The van der Waals surface area contributed by atoms with Crippen LogP contribution in [0.4, 0.5) is 17.6 Å². The summed E-state index contributed by atoms with van der Waals surface area (Å²) in [6, 6.07) is 15.1. The second-order valence-corrected chi connectivity index (χ2v) is 5.82. The summed E-state index contributed by atoms with van der Waals surface area (Å²) in [5.41, 5.74) is 8.91. The first-order chi connectivity index (χ1) is 12.5. The van der Waals surface area contributed by atoms with Crippen LogP contribution in [0.3, 0.4) is 0 Å². The van der Waals surface area contributed by atoms with Crippen molar-refractivity contribution in [2.24, 2.45) is 0 Å². The Kier molecular flexibility index (Phi) is 5.07. The number of nitrogens with zero attached hydrogens (tertiary/aromatic N) is 3. The van der Waals surface area contributed by atoms with Crippen molar-refractivity contribution >= 4 is 23.6 Å². The van der Waals surface area contributed by atoms with Gasteiger partial charge in [0.15, 0.2) is 12.4 Å². The summed E-state index contributed by atoms with van der Waals surface area (Å²) in [4.78, 5) is 24.6. The highest BCUT2D eigenvalue weighted by molar-refractivity contribution is 5.91. The van der Waals surface area contributed by atoms with E-state index in [1.54, 1.807) is 6.07 Å². The molecule has 0 saturated carbocycles. The number of para-hydroxylation sites is 1. The van der Waals surface area contributed by atoms with Crippen molar-refractivity contribution in [3.05, 3.63) is 71.0 Å². The molecule has 0 fully saturated rings. The van der Waals surface area contributed by atoms with Gasteiger partial charge in [0.2, 0.25) is 11.9 Å². The number of nitrogens with two attached hydrogens (primary N) is 1. The number of benzene rings is 2. The topological polar surface area (TPSA) is 103 Å². The predicted octanol–water partition coefficient (Wildman–Crippen LogP) is 3.17. The molecule has 0 aliphatic carbocycles. The SMILES string of the molecule is Cc1ccc(C)c(C(=O)OCc2nc(N)nc(Nc3ccccc3)n2)c1. The van der Waals surface area contributed by atoms with Crippen molar-refractivity contribution in [3.63, 3.8) is 0 Å². The van der Waals surface area contributed by atoms with Crippen LogP contribution in [0.1, 0.15) is 27.3 Å². The Morgan fingerprint density at radius 2 is 1.85 bits per heavy atom. The molecule has 0 unspecified atom stereocenters. The molecule has 0 atom stereocenters. The van der Waals surface area contributed by atoms with Crippen molar-refractivity contribution in [2.75, 3.05) is 11.1 Å². The fourth-order valence-corrected chi connectivity index (χ4v) is 2.37. The van der Waals surface area contributed by atoms with E-state index in [1.807, 2.05) is 56.3 Å². The second-order valence-electron chi connectivity index (χ2n) is 5.82. The van der Waals surface area contributed by atoms with E-state index in [9.17, 15) is 4.79 Å². The van der Waals surface area contributed by atoms with Crippen molar-refractivity contribution in [2.45, 2.75) is 20.5 Å². The van der Waals surface area contributed by atoms with E-state index >= 15 is 0 Å². The Morgan fingerprint density at radius 1 is 1.08 bits per heavy atom. The molecule has 0 saturated heterocycles. The summed E-state index contributed by atoms with van der Waals surface area (Å²) in [6.07, 6.45) is 0. The summed E-state index contributed by atoms with van der Waals surface area (Å²) < 4.78 is 5.34. The molecule has 0 bridgehead atoms. The Bertz CT molecular complexity index is 928. The zero-order valence-corrected chi connectivity index (χ0v) is 14.6. The van der Waals surface area contributed by atoms with E-state index in [0.29, 0.717) is 11.5 Å². The quantitative estimate of drug-likeness (QED) is 0.682. The molecule has 0 aliphatic rings. The van der Waals surface area contributed by atoms with Crippen LogP contribution in [0, 0.1) is 13.8 Å². The number of esters is 1. The first kappa shape index (κ1) is 17.3. The Morgan fingerprint density at radius 3 is 2.62 bits per heavy atom. The van der Waals surface area contributed by atoms with Gasteiger partial charge in [-0.1, -0.05) is 35.9 Å². The minimum atomic E-state index is -0.428. The lowest BCUT2D eigenvalue weighted by Gasteiger charge is -2.09. The van der Waals surface area contributed by atoms with E-state index < -0.39 is 5.97 Å². The van der Waals surface area contributed by atoms with Crippen LogP contribution in [0.15, 0.2) is 48.5 Å². The summed E-state index contributed by atoms with van der Waals surface area (Å²) in [5.74, 6) is 0.190. The van der Waals surface area contributed by atoms with Crippen LogP contribution in [-0.2, 0) is 11.3 Å². The highest BCUT2D eigenvalue weighted by atomic mass is 16.5. The standard InChI is InChI=1S/C19H19N5O2/c1-12-8-9-13(2)15(10-12)17(25)26-11-16-22-18(20)24-19(23-16)21-14-6-4-3-5-7-14/h3-10H,11H2,1-2H3,(H3,20,21,22,23,24). The van der Waals surface area contributed by atoms with Gasteiger partial charge in [-0.25, -0.2) is 4.79 Å². The van der Waals surface area contributed by atoms with Crippen molar-refractivity contribution in [1.29, 1.82) is 0 Å². The van der Waals surface area contributed by atoms with Gasteiger partial charge in [-0.3, -0.25) is 0 Å². The molecule has 3 N–H and O–H groups in total. The number of hydrogen-bond donors (Lipinski definition) is 2. The number of carbonyl (C=O) groups excluding carboxylic acids is 1. The van der Waals surface area contributed by atoms with Crippen molar-refractivity contribution in [1.82, 2.24) is 15.0 Å². The number of nitrogens with one attached hydrogen (secondary N) is 1. The molecule has 0 amide bonds. The molecule has 3 rings (SSSR count). The number of rotatable bonds is 5. The van der Waals surface area contributed by atoms with Crippen LogP contribution in [-0.4, -0.2) is 20.9 Å². The molecule has 132 valence electrons. The number of aromatic nitrogens is 3. The van der Waals surface area contributed by atoms with E-state index in [0.717, 1.165) is 16.8 Å². The third-order valence-corrected chi connectivity index (χ3v) is 3.67. The molecule has 0 radical (unpaired) electrons. The maximum Gasteiger partial charge on any atom is 0.338 e. The molecule has 26 heavy (non-hydrogen) atoms. The number of aryl methyl sites for hydroxylation is 2. The first-order valence-electron chi connectivity index (χ1n) is 8.08. The maximum atomic E-state index is 12.3. The molecule has 0 spiro atoms. The monoisotopic (exact) mass is 349 g/mol. The van der Waals surface area contributed by atoms with Gasteiger partial charge in [-0.2, -0.15) is 15.0 Å². The fourth-order valence-electron chi connectivity index (χ4n) is 2.37. The maximum absolute atomic E-state index is 12.3. The van der Waals surface area contributed by atoms with Gasteiger partial charge in [0.25, 0.3) is 0 Å². The van der Waals surface area contributed by atoms with Gasteiger partial charge in [0.05, 0.1) is 5.56 Å². The number of carbonyl (C=O) groups is 1. The lowest BCUT2D eigenvalue weighted by molar-refractivity contribution is 0.0461. The molecule has 3 aromatic rings.